The van der Waals surface area contributed by atoms with E-state index in [2.05, 4.69) is 33.8 Å². The van der Waals surface area contributed by atoms with E-state index in [4.69, 9.17) is 5.73 Å². The zero-order valence-electron chi connectivity index (χ0n) is 9.31. The fraction of sp³-hybridized carbons (Fsp3) is 0.154. The molecule has 3 aromatic rings. The average Bonchev–Trinajstić information content (AvgIpc) is 2.95. The van der Waals surface area contributed by atoms with Gasteiger partial charge in [-0.2, -0.15) is 0 Å². The van der Waals surface area contributed by atoms with Crippen molar-refractivity contribution in [2.24, 2.45) is 5.73 Å². The highest BCUT2D eigenvalue weighted by Gasteiger charge is 2.11. The summed E-state index contributed by atoms with van der Waals surface area (Å²) < 4.78 is 4.28. The second-order valence-corrected chi connectivity index (χ2v) is 4.77. The Morgan fingerprint density at radius 3 is 3.06 bits per heavy atom. The van der Waals surface area contributed by atoms with Gasteiger partial charge in [0.25, 0.3) is 0 Å². The van der Waals surface area contributed by atoms with Gasteiger partial charge in [-0.25, -0.2) is 4.37 Å². The molecular weight excluding hydrogens is 230 g/mol. The molecule has 2 heterocycles. The predicted octanol–water partition coefficient (Wildman–Crippen LogP) is 2.79. The molecule has 0 aliphatic carbocycles. The third kappa shape index (κ3) is 1.75. The average molecular weight is 243 g/mol. The summed E-state index contributed by atoms with van der Waals surface area (Å²) in [6.07, 6.45) is 4.86. The minimum absolute atomic E-state index is 0.660. The third-order valence-corrected chi connectivity index (χ3v) is 3.77. The van der Waals surface area contributed by atoms with Crippen molar-refractivity contribution in [1.29, 1.82) is 0 Å². The van der Waals surface area contributed by atoms with Crippen molar-refractivity contribution in [3.8, 4) is 10.4 Å². The van der Waals surface area contributed by atoms with Gasteiger partial charge in [-0.05, 0) is 36.1 Å². The van der Waals surface area contributed by atoms with Crippen LogP contribution in [0.15, 0.2) is 36.7 Å². The maximum Gasteiger partial charge on any atom is 0.0603 e. The van der Waals surface area contributed by atoms with Crippen LogP contribution in [0.3, 0.4) is 0 Å². The molecule has 3 rings (SSSR count). The van der Waals surface area contributed by atoms with Gasteiger partial charge in [0.05, 0.1) is 4.88 Å². The molecule has 0 saturated carbocycles. The van der Waals surface area contributed by atoms with Crippen molar-refractivity contribution < 1.29 is 0 Å². The summed E-state index contributed by atoms with van der Waals surface area (Å²) in [7, 11) is 0. The number of hydrogen-bond donors (Lipinski definition) is 2. The number of fused-ring (bicyclic) bond motifs is 1. The maximum atomic E-state index is 5.62. The zero-order valence-corrected chi connectivity index (χ0v) is 10.1. The molecule has 3 N–H and O–H groups in total. The van der Waals surface area contributed by atoms with Gasteiger partial charge in [-0.1, -0.05) is 18.2 Å². The van der Waals surface area contributed by atoms with E-state index in [1.54, 1.807) is 0 Å². The van der Waals surface area contributed by atoms with Crippen LogP contribution in [0.1, 0.15) is 5.56 Å². The quantitative estimate of drug-likeness (QED) is 0.743. The number of aromatic nitrogens is 2. The molecule has 0 saturated heterocycles. The summed E-state index contributed by atoms with van der Waals surface area (Å²) in [6.45, 7) is 0.660. The summed E-state index contributed by atoms with van der Waals surface area (Å²) in [5, 5.41) is 1.25. The fourth-order valence-electron chi connectivity index (χ4n) is 2.08. The van der Waals surface area contributed by atoms with E-state index in [9.17, 15) is 0 Å². The minimum atomic E-state index is 0.660. The molecule has 0 bridgehead atoms. The highest BCUT2D eigenvalue weighted by Crippen LogP contribution is 2.33. The number of nitrogens with zero attached hydrogens (tertiary/aromatic N) is 1. The van der Waals surface area contributed by atoms with Gasteiger partial charge < -0.3 is 10.7 Å². The van der Waals surface area contributed by atoms with Crippen LogP contribution in [0, 0.1) is 0 Å². The first-order chi connectivity index (χ1) is 8.40. The van der Waals surface area contributed by atoms with Crippen molar-refractivity contribution >= 4 is 22.4 Å². The molecule has 0 spiro atoms. The standard InChI is InChI=1S/C13H13N3S/c14-6-5-9-7-16-17-13(9)11-8-15-12-4-2-1-3-10(11)12/h1-4,7-8,15H,5-6,14H2. The van der Waals surface area contributed by atoms with Gasteiger partial charge in [0, 0.05) is 28.9 Å². The number of para-hydroxylation sites is 1. The Balaban J connectivity index is 2.17. The first-order valence-electron chi connectivity index (χ1n) is 5.60. The van der Waals surface area contributed by atoms with Crippen LogP contribution in [-0.4, -0.2) is 15.9 Å². The highest BCUT2D eigenvalue weighted by atomic mass is 32.1. The molecular formula is C13H13N3S. The number of nitrogens with one attached hydrogen (secondary N) is 1. The Hall–Kier alpha value is -1.65. The fourth-order valence-corrected chi connectivity index (χ4v) is 2.90. The van der Waals surface area contributed by atoms with Gasteiger partial charge in [0.1, 0.15) is 0 Å². The molecule has 1 aromatic carbocycles. The number of benzene rings is 1. The normalized spacial score (nSPS) is 11.1. The van der Waals surface area contributed by atoms with Gasteiger partial charge in [-0.3, -0.25) is 0 Å². The smallest absolute Gasteiger partial charge is 0.0603 e. The molecule has 0 aliphatic rings. The minimum Gasteiger partial charge on any atom is -0.361 e. The number of aromatic amines is 1. The van der Waals surface area contributed by atoms with Crippen molar-refractivity contribution in [3.05, 3.63) is 42.2 Å². The van der Waals surface area contributed by atoms with Crippen LogP contribution in [-0.2, 0) is 6.42 Å². The van der Waals surface area contributed by atoms with Crippen LogP contribution in [0.2, 0.25) is 0 Å². The second-order valence-electron chi connectivity index (χ2n) is 3.97. The molecule has 17 heavy (non-hydrogen) atoms. The SMILES string of the molecule is NCCc1cnsc1-c1c[nH]c2ccccc12. The molecule has 2 aromatic heterocycles. The molecule has 0 aliphatic heterocycles. The summed E-state index contributed by atoms with van der Waals surface area (Å²) in [5.74, 6) is 0. The maximum absolute atomic E-state index is 5.62. The number of hydrogen-bond acceptors (Lipinski definition) is 3. The Kier molecular flexibility index (Phi) is 2.66. The monoisotopic (exact) mass is 243 g/mol. The first-order valence-corrected chi connectivity index (χ1v) is 6.37. The molecule has 86 valence electrons. The zero-order chi connectivity index (χ0) is 11.7. The van der Waals surface area contributed by atoms with E-state index >= 15 is 0 Å². The Morgan fingerprint density at radius 1 is 1.29 bits per heavy atom. The van der Waals surface area contributed by atoms with Crippen LogP contribution in [0.4, 0.5) is 0 Å². The van der Waals surface area contributed by atoms with Crippen molar-refractivity contribution in [2.45, 2.75) is 6.42 Å². The van der Waals surface area contributed by atoms with E-state index in [1.807, 2.05) is 12.3 Å². The van der Waals surface area contributed by atoms with E-state index in [0.29, 0.717) is 6.54 Å². The van der Waals surface area contributed by atoms with Crippen LogP contribution in [0.5, 0.6) is 0 Å². The first kappa shape index (κ1) is 10.5. The molecule has 0 amide bonds. The topological polar surface area (TPSA) is 54.7 Å². The molecule has 3 nitrogen and oxygen atoms in total. The van der Waals surface area contributed by atoms with Crippen molar-refractivity contribution in [1.82, 2.24) is 9.36 Å². The predicted molar refractivity (Wildman–Crippen MR) is 72.2 cm³/mol. The molecule has 4 heteroatoms. The summed E-state index contributed by atoms with van der Waals surface area (Å²) >= 11 is 1.54. The van der Waals surface area contributed by atoms with Crippen molar-refractivity contribution in [3.63, 3.8) is 0 Å². The molecule has 0 atom stereocenters. The second kappa shape index (κ2) is 4.31. The van der Waals surface area contributed by atoms with Gasteiger partial charge in [-0.15, -0.1) is 0 Å². The molecule has 0 fully saturated rings. The Labute approximate surface area is 103 Å². The van der Waals surface area contributed by atoms with Crippen LogP contribution >= 0.6 is 11.5 Å². The largest absolute Gasteiger partial charge is 0.361 e. The van der Waals surface area contributed by atoms with E-state index < -0.39 is 0 Å². The molecule has 0 unspecified atom stereocenters. The lowest BCUT2D eigenvalue weighted by Crippen LogP contribution is -2.02. The van der Waals surface area contributed by atoms with E-state index in [-0.39, 0.29) is 0 Å². The number of rotatable bonds is 3. The van der Waals surface area contributed by atoms with Crippen LogP contribution < -0.4 is 5.73 Å². The van der Waals surface area contributed by atoms with Gasteiger partial charge in [0.2, 0.25) is 0 Å². The lowest BCUT2D eigenvalue weighted by atomic mass is 10.1. The highest BCUT2D eigenvalue weighted by molar-refractivity contribution is 7.09. The van der Waals surface area contributed by atoms with E-state index in [0.717, 1.165) is 11.9 Å². The third-order valence-electron chi connectivity index (χ3n) is 2.89. The van der Waals surface area contributed by atoms with Gasteiger partial charge in [0.15, 0.2) is 0 Å². The van der Waals surface area contributed by atoms with Crippen molar-refractivity contribution in [2.75, 3.05) is 6.54 Å². The van der Waals surface area contributed by atoms with Crippen LogP contribution in [0.25, 0.3) is 21.3 Å². The number of nitrogens with two attached hydrogens (primary N) is 1. The van der Waals surface area contributed by atoms with Gasteiger partial charge >= 0.3 is 0 Å². The van der Waals surface area contributed by atoms with E-state index in [1.165, 1.54) is 32.9 Å². The summed E-state index contributed by atoms with van der Waals surface area (Å²) in [6, 6.07) is 8.31. The summed E-state index contributed by atoms with van der Waals surface area (Å²) in [5.41, 5.74) is 9.25. The Bertz CT molecular complexity index is 639. The number of H-pyrrole nitrogens is 1. The lowest BCUT2D eigenvalue weighted by Gasteiger charge is -1.99. The summed E-state index contributed by atoms with van der Waals surface area (Å²) in [4.78, 5) is 4.52. The molecule has 0 radical (unpaired) electrons. The lowest BCUT2D eigenvalue weighted by molar-refractivity contribution is 0.972. The Morgan fingerprint density at radius 2 is 2.18 bits per heavy atom.